The minimum Gasteiger partial charge on any atom is -0.478 e. The average Bonchev–Trinajstić information content (AvgIpc) is 3.06. The second-order valence-electron chi connectivity index (χ2n) is 11.6. The number of piperidine rings is 1. The number of nitrogens with zero attached hydrogens (tertiary/aromatic N) is 3. The standard InChI is InChI=1S/C36H38N4O4/c1-25-30(34(41)42)31(27-12-9-11-26(23-27)24-37)32(35(43)44-2)33(38)40(25)20-10-19-39-21-17-36(18-22-39,28-13-5-3-6-14-28)29-15-7-4-8-16-29/h3-9,11-16,23,31-32,38H,10,17-22H2,1-2H3,(H,41,42)/t31-,32?/m0/s1. The van der Waals surface area contributed by atoms with Crippen LogP contribution in [0.2, 0.25) is 0 Å². The maximum Gasteiger partial charge on any atom is 0.334 e. The van der Waals surface area contributed by atoms with Gasteiger partial charge in [-0.15, -0.1) is 0 Å². The number of esters is 1. The Morgan fingerprint density at radius 1 is 0.977 bits per heavy atom. The van der Waals surface area contributed by atoms with Crippen LogP contribution in [0, 0.1) is 22.7 Å². The first-order valence-electron chi connectivity index (χ1n) is 15.0. The van der Waals surface area contributed by atoms with E-state index in [-0.39, 0.29) is 16.8 Å². The summed E-state index contributed by atoms with van der Waals surface area (Å²) in [4.78, 5) is 29.8. The fourth-order valence-corrected chi connectivity index (χ4v) is 7.02. The summed E-state index contributed by atoms with van der Waals surface area (Å²) in [6.45, 7) is 4.72. The SMILES string of the molecule is COC(=O)C1C(=N)N(CCCN2CCC(c3ccccc3)(c3ccccc3)CC2)C(C)=C(C(=O)O)[C@@H]1c1cccc(C#N)c1. The summed E-state index contributed by atoms with van der Waals surface area (Å²) < 4.78 is 5.08. The number of nitriles is 1. The van der Waals surface area contributed by atoms with E-state index >= 15 is 0 Å². The molecule has 0 radical (unpaired) electrons. The number of carbonyl (C=O) groups is 2. The van der Waals surface area contributed by atoms with Gasteiger partial charge in [0.1, 0.15) is 11.8 Å². The van der Waals surface area contributed by atoms with Crippen molar-refractivity contribution in [1.29, 1.82) is 10.7 Å². The highest BCUT2D eigenvalue weighted by Gasteiger charge is 2.46. The van der Waals surface area contributed by atoms with E-state index in [1.54, 1.807) is 36.1 Å². The Labute approximate surface area is 258 Å². The van der Waals surface area contributed by atoms with Crippen LogP contribution in [0.25, 0.3) is 0 Å². The van der Waals surface area contributed by atoms with Crippen molar-refractivity contribution in [2.75, 3.05) is 33.3 Å². The third-order valence-corrected chi connectivity index (χ3v) is 9.30. The van der Waals surface area contributed by atoms with Crippen LogP contribution in [-0.4, -0.2) is 66.0 Å². The number of nitrogens with one attached hydrogen (secondary N) is 1. The number of ether oxygens (including phenoxy) is 1. The van der Waals surface area contributed by atoms with Gasteiger partial charge in [0, 0.05) is 23.6 Å². The second kappa shape index (κ2) is 13.3. The van der Waals surface area contributed by atoms with E-state index in [9.17, 15) is 20.0 Å². The summed E-state index contributed by atoms with van der Waals surface area (Å²) in [5, 5.41) is 28.8. The van der Waals surface area contributed by atoms with Crippen LogP contribution in [-0.2, 0) is 19.7 Å². The number of methoxy groups -OCH3 is 1. The summed E-state index contributed by atoms with van der Waals surface area (Å²) in [5.41, 5.74) is 3.94. The normalized spacial score (nSPS) is 20.2. The maximum atomic E-state index is 13.1. The number of rotatable bonds is 9. The number of carbonyl (C=O) groups excluding carboxylic acids is 1. The highest BCUT2D eigenvalue weighted by Crippen LogP contribution is 2.43. The van der Waals surface area contributed by atoms with E-state index in [0.717, 1.165) is 32.5 Å². The molecule has 226 valence electrons. The van der Waals surface area contributed by atoms with E-state index in [1.165, 1.54) is 18.2 Å². The first-order chi connectivity index (χ1) is 21.3. The van der Waals surface area contributed by atoms with Gasteiger partial charge in [0.15, 0.2) is 0 Å². The molecule has 0 saturated carbocycles. The van der Waals surface area contributed by atoms with Gasteiger partial charge >= 0.3 is 11.9 Å². The zero-order chi connectivity index (χ0) is 31.3. The number of likely N-dealkylation sites (tertiary alicyclic amines) is 1. The van der Waals surface area contributed by atoms with Crippen LogP contribution in [0.3, 0.4) is 0 Å². The van der Waals surface area contributed by atoms with Crippen molar-refractivity contribution in [2.24, 2.45) is 5.92 Å². The lowest BCUT2D eigenvalue weighted by molar-refractivity contribution is -0.144. The van der Waals surface area contributed by atoms with Gasteiger partial charge in [-0.3, -0.25) is 10.2 Å². The summed E-state index contributed by atoms with van der Waals surface area (Å²) in [5.74, 6) is -3.90. The Bertz CT molecular complexity index is 1550. The molecule has 2 N–H and O–H groups in total. The molecule has 1 saturated heterocycles. The van der Waals surface area contributed by atoms with Crippen molar-refractivity contribution in [2.45, 2.75) is 37.5 Å². The molecule has 44 heavy (non-hydrogen) atoms. The number of carboxylic acid groups (broad SMARTS) is 1. The monoisotopic (exact) mass is 590 g/mol. The van der Waals surface area contributed by atoms with Crippen molar-refractivity contribution in [3.63, 3.8) is 0 Å². The molecule has 5 rings (SSSR count). The molecule has 2 aliphatic rings. The quantitative estimate of drug-likeness (QED) is 0.314. The van der Waals surface area contributed by atoms with Gasteiger partial charge in [0.05, 0.1) is 24.3 Å². The molecule has 8 nitrogen and oxygen atoms in total. The zero-order valence-electron chi connectivity index (χ0n) is 25.2. The van der Waals surface area contributed by atoms with E-state index in [2.05, 4.69) is 71.6 Å². The van der Waals surface area contributed by atoms with Crippen molar-refractivity contribution < 1.29 is 19.4 Å². The molecule has 0 spiro atoms. The molecular formula is C36H38N4O4. The minimum absolute atomic E-state index is 0.0116. The van der Waals surface area contributed by atoms with Gasteiger partial charge in [-0.1, -0.05) is 72.8 Å². The Morgan fingerprint density at radius 2 is 1.59 bits per heavy atom. The number of benzene rings is 3. The lowest BCUT2D eigenvalue weighted by Crippen LogP contribution is -2.48. The van der Waals surface area contributed by atoms with E-state index in [1.807, 2.05) is 0 Å². The van der Waals surface area contributed by atoms with Crippen LogP contribution in [0.5, 0.6) is 0 Å². The molecule has 0 bridgehead atoms. The summed E-state index contributed by atoms with van der Waals surface area (Å²) in [6, 6.07) is 30.1. The number of hydrogen-bond acceptors (Lipinski definition) is 6. The molecule has 0 aromatic heterocycles. The molecule has 3 aromatic carbocycles. The van der Waals surface area contributed by atoms with Crippen LogP contribution in [0.4, 0.5) is 0 Å². The third-order valence-electron chi connectivity index (χ3n) is 9.30. The predicted octanol–water partition coefficient (Wildman–Crippen LogP) is 5.55. The van der Waals surface area contributed by atoms with Crippen molar-refractivity contribution in [3.8, 4) is 6.07 Å². The lowest BCUT2D eigenvalue weighted by Gasteiger charge is -2.43. The highest BCUT2D eigenvalue weighted by molar-refractivity contribution is 6.06. The largest absolute Gasteiger partial charge is 0.478 e. The third kappa shape index (κ3) is 5.88. The van der Waals surface area contributed by atoms with Gasteiger partial charge in [-0.2, -0.15) is 5.26 Å². The van der Waals surface area contributed by atoms with Gasteiger partial charge in [-0.25, -0.2) is 4.79 Å². The Morgan fingerprint density at radius 3 is 2.14 bits per heavy atom. The maximum absolute atomic E-state index is 13.1. The average molecular weight is 591 g/mol. The zero-order valence-corrected chi connectivity index (χ0v) is 25.2. The van der Waals surface area contributed by atoms with Gasteiger partial charge < -0.3 is 19.6 Å². The first-order valence-corrected chi connectivity index (χ1v) is 15.0. The van der Waals surface area contributed by atoms with Crippen LogP contribution >= 0.6 is 0 Å². The molecule has 2 aliphatic heterocycles. The molecule has 1 fully saturated rings. The smallest absolute Gasteiger partial charge is 0.334 e. The fraction of sp³-hybridized carbons (Fsp3) is 0.333. The van der Waals surface area contributed by atoms with Crippen LogP contribution in [0.15, 0.2) is 96.2 Å². The van der Waals surface area contributed by atoms with E-state index < -0.39 is 23.8 Å². The highest BCUT2D eigenvalue weighted by atomic mass is 16.5. The van der Waals surface area contributed by atoms with Crippen molar-refractivity contribution >= 4 is 17.8 Å². The second-order valence-corrected chi connectivity index (χ2v) is 11.6. The summed E-state index contributed by atoms with van der Waals surface area (Å²) in [7, 11) is 1.25. The molecule has 0 amide bonds. The number of hydrogen-bond donors (Lipinski definition) is 2. The van der Waals surface area contributed by atoms with Gasteiger partial charge in [0.2, 0.25) is 0 Å². The minimum atomic E-state index is -1.16. The lowest BCUT2D eigenvalue weighted by atomic mass is 9.68. The number of allylic oxidation sites excluding steroid dienone is 1. The number of aliphatic carboxylic acids is 1. The number of amidine groups is 1. The Balaban J connectivity index is 1.34. The molecule has 3 aromatic rings. The topological polar surface area (TPSA) is 118 Å². The summed E-state index contributed by atoms with van der Waals surface area (Å²) >= 11 is 0. The van der Waals surface area contributed by atoms with Crippen molar-refractivity contribution in [1.82, 2.24) is 9.80 Å². The van der Waals surface area contributed by atoms with Crippen LogP contribution < -0.4 is 0 Å². The molecule has 8 heteroatoms. The molecular weight excluding hydrogens is 552 g/mol. The Kier molecular flexibility index (Phi) is 9.26. The first kappa shape index (κ1) is 30.7. The molecule has 0 aliphatic carbocycles. The predicted molar refractivity (Wildman–Crippen MR) is 168 cm³/mol. The van der Waals surface area contributed by atoms with Gasteiger partial charge in [0.25, 0.3) is 0 Å². The Hall–Kier alpha value is -4.74. The molecule has 1 unspecified atom stereocenters. The van der Waals surface area contributed by atoms with Crippen molar-refractivity contribution in [3.05, 3.63) is 118 Å². The number of carboxylic acids is 1. The fourth-order valence-electron chi connectivity index (χ4n) is 7.02. The van der Waals surface area contributed by atoms with E-state index in [0.29, 0.717) is 29.8 Å². The van der Waals surface area contributed by atoms with E-state index in [4.69, 9.17) is 10.1 Å². The molecule has 2 atom stereocenters. The summed E-state index contributed by atoms with van der Waals surface area (Å²) in [6.07, 6.45) is 2.66. The molecule has 2 heterocycles. The van der Waals surface area contributed by atoms with Gasteiger partial charge in [-0.05, 0) is 74.6 Å². The van der Waals surface area contributed by atoms with Crippen LogP contribution in [0.1, 0.15) is 54.4 Å².